The molecule has 9 heteroatoms. The quantitative estimate of drug-likeness (QED) is 0.605. The zero-order chi connectivity index (χ0) is 24.9. The molecule has 2 amide bonds. The lowest BCUT2D eigenvalue weighted by atomic mass is 9.95. The first-order valence-corrected chi connectivity index (χ1v) is 12.3. The molecule has 35 heavy (non-hydrogen) atoms. The molecule has 2 aliphatic heterocycles. The van der Waals surface area contributed by atoms with Crippen LogP contribution in [0, 0.1) is 17.6 Å². The van der Waals surface area contributed by atoms with E-state index < -0.39 is 29.0 Å². The van der Waals surface area contributed by atoms with E-state index in [1.807, 2.05) is 11.8 Å². The van der Waals surface area contributed by atoms with Crippen LogP contribution in [0.1, 0.15) is 78.4 Å². The van der Waals surface area contributed by atoms with Crippen LogP contribution in [0.5, 0.6) is 5.75 Å². The number of benzene rings is 1. The van der Waals surface area contributed by atoms with Gasteiger partial charge in [0.15, 0.2) is 11.4 Å². The van der Waals surface area contributed by atoms with Gasteiger partial charge in [-0.15, -0.1) is 0 Å². The number of unbranched alkanes of at least 4 members (excludes halogenated alkanes) is 1. The summed E-state index contributed by atoms with van der Waals surface area (Å²) in [7, 11) is 0. The fourth-order valence-corrected chi connectivity index (χ4v) is 5.79. The Hall–Kier alpha value is -3.23. The first-order chi connectivity index (χ1) is 16.8. The molecule has 186 valence electrons. The topological polar surface area (TPSA) is 80.6 Å². The molecule has 3 heterocycles. The first-order valence-electron chi connectivity index (χ1n) is 12.3. The average Bonchev–Trinajstić information content (AvgIpc) is 3.42. The van der Waals surface area contributed by atoms with Gasteiger partial charge in [-0.2, -0.15) is 0 Å². The molecular weight excluding hydrogens is 456 g/mol. The molecule has 5 rings (SSSR count). The maximum absolute atomic E-state index is 14.2. The lowest BCUT2D eigenvalue weighted by Crippen LogP contribution is -2.52. The second kappa shape index (κ2) is 9.09. The minimum atomic E-state index is -0.810. The van der Waals surface area contributed by atoms with Crippen LogP contribution in [0.3, 0.4) is 0 Å². The van der Waals surface area contributed by atoms with Crippen molar-refractivity contribution in [3.05, 3.63) is 63.1 Å². The van der Waals surface area contributed by atoms with Crippen LogP contribution in [-0.4, -0.2) is 40.0 Å². The number of piperidine rings is 1. The Morgan fingerprint density at radius 1 is 1.26 bits per heavy atom. The molecule has 1 saturated heterocycles. The molecule has 1 aromatic carbocycles. The standard InChI is InChI=1S/C26H29F2N3O4/c1-3-4-9-35-24-22-26(34)31-17-7-5-15(10-17)21(31)13-30(22)12-19(23(24)32)25(33)29-14(2)18-8-6-16(27)11-20(18)28/h6,8,11-12,14-15,17,21H,3-5,7,9-10,13H2,1-2H3,(H,29,33)/t14-,15-,17+,21+/m1/s1. The van der Waals surface area contributed by atoms with Crippen LogP contribution >= 0.6 is 0 Å². The lowest BCUT2D eigenvalue weighted by Gasteiger charge is -2.40. The maximum Gasteiger partial charge on any atom is 0.275 e. The monoisotopic (exact) mass is 485 g/mol. The Morgan fingerprint density at radius 3 is 2.80 bits per heavy atom. The molecule has 2 fully saturated rings. The summed E-state index contributed by atoms with van der Waals surface area (Å²) in [5.41, 5.74) is -0.527. The summed E-state index contributed by atoms with van der Waals surface area (Å²) in [5.74, 6) is -2.11. The highest BCUT2D eigenvalue weighted by Crippen LogP contribution is 2.46. The minimum Gasteiger partial charge on any atom is -0.487 e. The third-order valence-electron chi connectivity index (χ3n) is 7.56. The highest BCUT2D eigenvalue weighted by Gasteiger charge is 2.51. The van der Waals surface area contributed by atoms with E-state index in [-0.39, 0.29) is 47.2 Å². The van der Waals surface area contributed by atoms with Gasteiger partial charge in [0.2, 0.25) is 5.43 Å². The Labute approximate surface area is 202 Å². The zero-order valence-corrected chi connectivity index (χ0v) is 19.9. The molecule has 4 atom stereocenters. The van der Waals surface area contributed by atoms with E-state index in [0.717, 1.165) is 37.8 Å². The first kappa shape index (κ1) is 23.5. The summed E-state index contributed by atoms with van der Waals surface area (Å²) in [6, 6.07) is 2.55. The minimum absolute atomic E-state index is 0.0443. The summed E-state index contributed by atoms with van der Waals surface area (Å²) < 4.78 is 35.0. The summed E-state index contributed by atoms with van der Waals surface area (Å²) in [5, 5.41) is 2.63. The van der Waals surface area contributed by atoms with Crippen molar-refractivity contribution in [1.82, 2.24) is 14.8 Å². The van der Waals surface area contributed by atoms with Crippen molar-refractivity contribution in [2.75, 3.05) is 6.61 Å². The molecule has 1 saturated carbocycles. The van der Waals surface area contributed by atoms with Crippen molar-refractivity contribution in [2.45, 2.75) is 70.6 Å². The fraction of sp³-hybridized carbons (Fsp3) is 0.500. The van der Waals surface area contributed by atoms with E-state index >= 15 is 0 Å². The lowest BCUT2D eigenvalue weighted by molar-refractivity contribution is 0.0479. The Morgan fingerprint density at radius 2 is 2.06 bits per heavy atom. The highest BCUT2D eigenvalue weighted by molar-refractivity contribution is 5.99. The zero-order valence-electron chi connectivity index (χ0n) is 19.9. The predicted octanol–water partition coefficient (Wildman–Crippen LogP) is 3.80. The molecule has 1 aromatic heterocycles. The van der Waals surface area contributed by atoms with Gasteiger partial charge in [0, 0.05) is 30.4 Å². The molecule has 7 nitrogen and oxygen atoms in total. The van der Waals surface area contributed by atoms with Gasteiger partial charge in [0.05, 0.1) is 18.7 Å². The van der Waals surface area contributed by atoms with Gasteiger partial charge in [-0.05, 0) is 44.6 Å². The second-order valence-electron chi connectivity index (χ2n) is 9.77. The number of halogens is 2. The number of nitrogens with zero attached hydrogens (tertiary/aromatic N) is 2. The average molecular weight is 486 g/mol. The molecule has 2 bridgehead atoms. The number of hydrogen-bond acceptors (Lipinski definition) is 4. The summed E-state index contributed by atoms with van der Waals surface area (Å²) in [6.07, 6.45) is 5.98. The molecule has 0 unspecified atom stereocenters. The normalized spacial score (nSPS) is 23.1. The van der Waals surface area contributed by atoms with Gasteiger partial charge in [-0.3, -0.25) is 14.4 Å². The van der Waals surface area contributed by atoms with Gasteiger partial charge in [-0.1, -0.05) is 19.4 Å². The number of fused-ring (bicyclic) bond motifs is 6. The van der Waals surface area contributed by atoms with Gasteiger partial charge >= 0.3 is 0 Å². The Bertz CT molecular complexity index is 1240. The summed E-state index contributed by atoms with van der Waals surface area (Å²) in [6.45, 7) is 4.29. The molecule has 1 N–H and O–H groups in total. The molecule has 2 aromatic rings. The largest absolute Gasteiger partial charge is 0.487 e. The molecule has 1 aliphatic carbocycles. The van der Waals surface area contributed by atoms with E-state index in [2.05, 4.69) is 5.32 Å². The Balaban J connectivity index is 1.50. The van der Waals surface area contributed by atoms with E-state index in [1.165, 1.54) is 12.3 Å². The summed E-state index contributed by atoms with van der Waals surface area (Å²) in [4.78, 5) is 42.0. The third-order valence-corrected chi connectivity index (χ3v) is 7.56. The van der Waals surface area contributed by atoms with E-state index in [0.29, 0.717) is 18.9 Å². The van der Waals surface area contributed by atoms with E-state index in [1.54, 1.807) is 11.5 Å². The number of rotatable bonds is 7. The SMILES string of the molecule is CCCCOc1c2n(cc(C(=O)N[C@H](C)c3ccc(F)cc3F)c1=O)C[C@H]1[C@@H]3CC[C@@H](C3)N1C2=O. The van der Waals surface area contributed by atoms with Crippen molar-refractivity contribution < 1.29 is 23.1 Å². The Kier molecular flexibility index (Phi) is 6.11. The highest BCUT2D eigenvalue weighted by atomic mass is 19.1. The van der Waals surface area contributed by atoms with Crippen molar-refractivity contribution in [2.24, 2.45) is 5.92 Å². The fourth-order valence-electron chi connectivity index (χ4n) is 5.79. The van der Waals surface area contributed by atoms with E-state index in [9.17, 15) is 23.2 Å². The molecule has 0 radical (unpaired) electrons. The van der Waals surface area contributed by atoms with Crippen molar-refractivity contribution >= 4 is 11.8 Å². The van der Waals surface area contributed by atoms with Crippen LogP contribution in [0.2, 0.25) is 0 Å². The maximum atomic E-state index is 14.2. The number of amides is 2. The number of pyridine rings is 1. The van der Waals surface area contributed by atoms with Gasteiger partial charge in [0.25, 0.3) is 11.8 Å². The van der Waals surface area contributed by atoms with Crippen LogP contribution in [0.25, 0.3) is 0 Å². The van der Waals surface area contributed by atoms with Gasteiger partial charge < -0.3 is 19.5 Å². The van der Waals surface area contributed by atoms with Crippen molar-refractivity contribution in [3.63, 3.8) is 0 Å². The predicted molar refractivity (Wildman–Crippen MR) is 124 cm³/mol. The van der Waals surface area contributed by atoms with Gasteiger partial charge in [0.1, 0.15) is 17.2 Å². The van der Waals surface area contributed by atoms with Crippen LogP contribution in [0.4, 0.5) is 8.78 Å². The van der Waals surface area contributed by atoms with Gasteiger partial charge in [-0.25, -0.2) is 8.78 Å². The number of carbonyl (C=O) groups is 2. The van der Waals surface area contributed by atoms with Crippen molar-refractivity contribution in [1.29, 1.82) is 0 Å². The van der Waals surface area contributed by atoms with Crippen LogP contribution in [0.15, 0.2) is 29.2 Å². The number of aromatic nitrogens is 1. The van der Waals surface area contributed by atoms with Crippen molar-refractivity contribution in [3.8, 4) is 5.75 Å². The summed E-state index contributed by atoms with van der Waals surface area (Å²) >= 11 is 0. The van der Waals surface area contributed by atoms with E-state index in [4.69, 9.17) is 4.74 Å². The smallest absolute Gasteiger partial charge is 0.275 e. The number of hydrogen-bond donors (Lipinski definition) is 1. The second-order valence-corrected chi connectivity index (χ2v) is 9.77. The number of ether oxygens (including phenoxy) is 1. The third kappa shape index (κ3) is 4.00. The molecule has 3 aliphatic rings. The number of carbonyl (C=O) groups excluding carboxylic acids is 2. The number of nitrogens with one attached hydrogen (secondary N) is 1. The van der Waals surface area contributed by atoms with Crippen LogP contribution < -0.4 is 15.5 Å². The molecular formula is C26H29F2N3O4. The molecule has 0 spiro atoms. The van der Waals surface area contributed by atoms with Crippen LogP contribution in [-0.2, 0) is 6.54 Å².